The highest BCUT2D eigenvalue weighted by atomic mass is 32.1. The van der Waals surface area contributed by atoms with E-state index in [0.717, 1.165) is 33.1 Å². The largest absolute Gasteiger partial charge is 0.302 e. The third-order valence-electron chi connectivity index (χ3n) is 4.24. The van der Waals surface area contributed by atoms with Crippen molar-refractivity contribution >= 4 is 34.2 Å². The molecule has 4 rings (SSSR count). The molecule has 0 saturated carbocycles. The third kappa shape index (κ3) is 3.71. The van der Waals surface area contributed by atoms with Gasteiger partial charge in [0.05, 0.1) is 28.5 Å². The first-order chi connectivity index (χ1) is 13.1. The van der Waals surface area contributed by atoms with Crippen LogP contribution in [0.25, 0.3) is 16.5 Å². The fraction of sp³-hybridized carbons (Fsp3) is 0.143. The number of nitrogens with one attached hydrogen (secondary N) is 1. The minimum Gasteiger partial charge on any atom is -0.302 e. The van der Waals surface area contributed by atoms with Gasteiger partial charge in [-0.15, -0.1) is 0 Å². The molecule has 2 aromatic heterocycles. The molecule has 0 spiro atoms. The van der Waals surface area contributed by atoms with Gasteiger partial charge in [-0.1, -0.05) is 29.5 Å². The van der Waals surface area contributed by atoms with Crippen LogP contribution in [-0.2, 0) is 11.3 Å². The Kier molecular flexibility index (Phi) is 4.64. The second-order valence-electron chi connectivity index (χ2n) is 6.28. The molecule has 0 saturated heterocycles. The predicted octanol–water partition coefficient (Wildman–Crippen LogP) is 4.49. The summed E-state index contributed by atoms with van der Waals surface area (Å²) in [6.07, 6.45) is 5.78. The van der Waals surface area contributed by atoms with Gasteiger partial charge in [0.15, 0.2) is 5.13 Å². The van der Waals surface area contributed by atoms with E-state index in [1.54, 1.807) is 6.20 Å². The average molecular weight is 374 g/mol. The predicted molar refractivity (Wildman–Crippen MR) is 110 cm³/mol. The van der Waals surface area contributed by atoms with Crippen molar-refractivity contribution in [3.8, 4) is 10.4 Å². The molecular formula is C21H18N4OS. The summed E-state index contributed by atoms with van der Waals surface area (Å²) in [6, 6.07) is 12.2. The standard InChI is InChI=1S/C21H18N4OS/c1-13-20(27-21(24-13)25-14(2)26)15-6-8-18-16(11-15)12-23-19(18)9-7-17-5-3-4-10-22-17/h3-11H,12H2,1-2H3,(H,24,25,26)/b9-7+. The molecule has 0 unspecified atom stereocenters. The van der Waals surface area contributed by atoms with Crippen LogP contribution in [0, 0.1) is 6.92 Å². The van der Waals surface area contributed by atoms with E-state index < -0.39 is 0 Å². The fourth-order valence-corrected chi connectivity index (χ4v) is 4.03. The molecule has 1 aliphatic heterocycles. The molecule has 5 nitrogen and oxygen atoms in total. The van der Waals surface area contributed by atoms with Crippen molar-refractivity contribution in [1.82, 2.24) is 9.97 Å². The molecule has 3 aromatic rings. The number of fused-ring (bicyclic) bond motifs is 1. The van der Waals surface area contributed by atoms with Gasteiger partial charge in [0.1, 0.15) is 0 Å². The summed E-state index contributed by atoms with van der Waals surface area (Å²) < 4.78 is 0. The molecule has 0 bridgehead atoms. The molecular weight excluding hydrogens is 356 g/mol. The monoisotopic (exact) mass is 374 g/mol. The fourth-order valence-electron chi connectivity index (χ4n) is 3.02. The quantitative estimate of drug-likeness (QED) is 0.732. The summed E-state index contributed by atoms with van der Waals surface area (Å²) >= 11 is 1.49. The number of carbonyl (C=O) groups is 1. The number of amides is 1. The Hall–Kier alpha value is -3.12. The van der Waals surface area contributed by atoms with Gasteiger partial charge in [-0.3, -0.25) is 14.8 Å². The molecule has 1 aromatic carbocycles. The maximum atomic E-state index is 11.3. The van der Waals surface area contributed by atoms with E-state index in [-0.39, 0.29) is 5.91 Å². The van der Waals surface area contributed by atoms with Crippen LogP contribution in [0.4, 0.5) is 5.13 Å². The maximum absolute atomic E-state index is 11.3. The third-order valence-corrected chi connectivity index (χ3v) is 5.36. The highest BCUT2D eigenvalue weighted by Gasteiger charge is 2.17. The van der Waals surface area contributed by atoms with E-state index in [9.17, 15) is 4.79 Å². The van der Waals surface area contributed by atoms with Gasteiger partial charge < -0.3 is 5.32 Å². The van der Waals surface area contributed by atoms with Crippen molar-refractivity contribution in [2.75, 3.05) is 5.32 Å². The SMILES string of the molecule is CC(=O)Nc1nc(C)c(-c2ccc3c(c2)CN=C3/C=C/c2ccccn2)s1. The maximum Gasteiger partial charge on any atom is 0.223 e. The topological polar surface area (TPSA) is 67.2 Å². The minimum atomic E-state index is -0.109. The molecule has 0 atom stereocenters. The van der Waals surface area contributed by atoms with Crippen LogP contribution in [0.1, 0.15) is 29.4 Å². The van der Waals surface area contributed by atoms with Gasteiger partial charge in [-0.05, 0) is 48.4 Å². The Morgan fingerprint density at radius 2 is 2.11 bits per heavy atom. The normalized spacial score (nSPS) is 12.9. The number of rotatable bonds is 4. The highest BCUT2D eigenvalue weighted by Crippen LogP contribution is 2.35. The van der Waals surface area contributed by atoms with Crippen LogP contribution >= 0.6 is 11.3 Å². The number of aryl methyl sites for hydroxylation is 1. The molecule has 0 radical (unpaired) electrons. The molecule has 0 aliphatic carbocycles. The lowest BCUT2D eigenvalue weighted by Gasteiger charge is -2.04. The van der Waals surface area contributed by atoms with Crippen LogP contribution in [0.2, 0.25) is 0 Å². The summed E-state index contributed by atoms with van der Waals surface area (Å²) in [5.41, 5.74) is 6.25. The molecule has 1 aliphatic rings. The van der Waals surface area contributed by atoms with E-state index in [0.29, 0.717) is 11.7 Å². The Morgan fingerprint density at radius 1 is 1.22 bits per heavy atom. The smallest absolute Gasteiger partial charge is 0.223 e. The molecule has 3 heterocycles. The van der Waals surface area contributed by atoms with E-state index in [1.165, 1.54) is 23.8 Å². The Balaban J connectivity index is 1.59. The first-order valence-electron chi connectivity index (χ1n) is 8.62. The number of aromatic nitrogens is 2. The second-order valence-corrected chi connectivity index (χ2v) is 7.28. The van der Waals surface area contributed by atoms with Gasteiger partial charge in [-0.2, -0.15) is 0 Å². The molecule has 134 valence electrons. The summed E-state index contributed by atoms with van der Waals surface area (Å²) in [4.78, 5) is 25.7. The van der Waals surface area contributed by atoms with Gasteiger partial charge in [0, 0.05) is 18.7 Å². The number of anilines is 1. The van der Waals surface area contributed by atoms with Crippen LogP contribution in [-0.4, -0.2) is 21.6 Å². The number of nitrogens with zero attached hydrogens (tertiary/aromatic N) is 3. The number of pyridine rings is 1. The average Bonchev–Trinajstić information content (AvgIpc) is 3.23. The first kappa shape index (κ1) is 17.3. The van der Waals surface area contributed by atoms with E-state index >= 15 is 0 Å². The number of hydrogen-bond donors (Lipinski definition) is 1. The van der Waals surface area contributed by atoms with Gasteiger partial charge in [-0.25, -0.2) is 4.98 Å². The number of carbonyl (C=O) groups excluding carboxylic acids is 1. The van der Waals surface area contributed by atoms with Crippen LogP contribution in [0.15, 0.2) is 53.7 Å². The Bertz CT molecular complexity index is 1070. The lowest BCUT2D eigenvalue weighted by molar-refractivity contribution is -0.114. The number of benzene rings is 1. The van der Waals surface area contributed by atoms with Crippen LogP contribution in [0.5, 0.6) is 0 Å². The Labute approximate surface area is 161 Å². The van der Waals surface area contributed by atoms with Gasteiger partial charge in [0.2, 0.25) is 5.91 Å². The van der Waals surface area contributed by atoms with Crippen molar-refractivity contribution in [3.05, 3.63) is 71.2 Å². The zero-order valence-electron chi connectivity index (χ0n) is 15.1. The molecule has 6 heteroatoms. The summed E-state index contributed by atoms with van der Waals surface area (Å²) in [5, 5.41) is 3.39. The summed E-state index contributed by atoms with van der Waals surface area (Å²) in [7, 11) is 0. The molecule has 0 fully saturated rings. The first-order valence-corrected chi connectivity index (χ1v) is 9.44. The van der Waals surface area contributed by atoms with Crippen LogP contribution < -0.4 is 5.32 Å². The summed E-state index contributed by atoms with van der Waals surface area (Å²) in [5.74, 6) is -0.109. The van der Waals surface area contributed by atoms with E-state index in [4.69, 9.17) is 0 Å². The van der Waals surface area contributed by atoms with Crippen molar-refractivity contribution < 1.29 is 4.79 Å². The number of hydrogen-bond acceptors (Lipinski definition) is 5. The van der Waals surface area contributed by atoms with Crippen molar-refractivity contribution in [3.63, 3.8) is 0 Å². The van der Waals surface area contributed by atoms with E-state index in [1.807, 2.05) is 37.3 Å². The number of aliphatic imine (C=N–C) groups is 1. The molecule has 1 N–H and O–H groups in total. The number of allylic oxidation sites excluding steroid dienone is 1. The van der Waals surface area contributed by atoms with Gasteiger partial charge in [0.25, 0.3) is 0 Å². The Morgan fingerprint density at radius 3 is 2.89 bits per heavy atom. The van der Waals surface area contributed by atoms with E-state index in [2.05, 4.69) is 38.5 Å². The molecule has 27 heavy (non-hydrogen) atoms. The highest BCUT2D eigenvalue weighted by molar-refractivity contribution is 7.19. The molecule has 1 amide bonds. The van der Waals surface area contributed by atoms with Crippen molar-refractivity contribution in [1.29, 1.82) is 0 Å². The lowest BCUT2D eigenvalue weighted by atomic mass is 10.0. The van der Waals surface area contributed by atoms with Crippen LogP contribution in [0.3, 0.4) is 0 Å². The summed E-state index contributed by atoms with van der Waals surface area (Å²) in [6.45, 7) is 4.12. The lowest BCUT2D eigenvalue weighted by Crippen LogP contribution is -2.04. The van der Waals surface area contributed by atoms with Crippen molar-refractivity contribution in [2.45, 2.75) is 20.4 Å². The van der Waals surface area contributed by atoms with Crippen molar-refractivity contribution in [2.24, 2.45) is 4.99 Å². The second kappa shape index (κ2) is 7.25. The number of thiazole rings is 1. The minimum absolute atomic E-state index is 0.109. The van der Waals surface area contributed by atoms with Gasteiger partial charge >= 0.3 is 0 Å². The zero-order chi connectivity index (χ0) is 18.8. The zero-order valence-corrected chi connectivity index (χ0v) is 15.9.